The number of nitrogens with zero attached hydrogens (tertiary/aromatic N) is 1. The predicted octanol–water partition coefficient (Wildman–Crippen LogP) is 2.52. The molecule has 0 spiro atoms. The van der Waals surface area contributed by atoms with Crippen LogP contribution in [-0.2, 0) is 18.0 Å². The lowest BCUT2D eigenvalue weighted by atomic mass is 9.98. The summed E-state index contributed by atoms with van der Waals surface area (Å²) in [6, 6.07) is 0. The molecule has 0 saturated carbocycles. The molecule has 0 bridgehead atoms. The van der Waals surface area contributed by atoms with Crippen LogP contribution in [0.2, 0.25) is 0 Å². The van der Waals surface area contributed by atoms with E-state index in [0.29, 0.717) is 19.1 Å². The minimum atomic E-state index is 0.492. The van der Waals surface area contributed by atoms with Crippen LogP contribution < -0.4 is 0 Å². The normalized spacial score (nSPS) is 15.1. The van der Waals surface area contributed by atoms with E-state index in [1.54, 1.807) is 0 Å². The molecule has 0 fully saturated rings. The molecule has 3 heteroatoms. The Morgan fingerprint density at radius 2 is 2.23 bits per heavy atom. The molecule has 0 unspecified atom stereocenters. The minimum absolute atomic E-state index is 0.492. The fraction of sp³-hybridized carbons (Fsp3) is 0.500. The molecule has 2 nitrogen and oxygen atoms in total. The van der Waals surface area contributed by atoms with E-state index in [1.165, 1.54) is 11.1 Å². The molecular formula is C10H13NOS. The van der Waals surface area contributed by atoms with Crippen molar-refractivity contribution in [3.63, 3.8) is 0 Å². The van der Waals surface area contributed by atoms with Crippen molar-refractivity contribution in [3.05, 3.63) is 23.0 Å². The van der Waals surface area contributed by atoms with Gasteiger partial charge in [-0.15, -0.1) is 12.6 Å². The van der Waals surface area contributed by atoms with E-state index in [-0.39, 0.29) is 0 Å². The van der Waals surface area contributed by atoms with Gasteiger partial charge in [0, 0.05) is 16.7 Å². The summed E-state index contributed by atoms with van der Waals surface area (Å²) in [5, 5.41) is 0. The van der Waals surface area contributed by atoms with Gasteiger partial charge in [-0.25, -0.2) is 0 Å². The van der Waals surface area contributed by atoms with E-state index >= 15 is 0 Å². The van der Waals surface area contributed by atoms with Gasteiger partial charge in [-0.3, -0.25) is 4.98 Å². The number of fused-ring (bicyclic) bond motifs is 1. The highest BCUT2D eigenvalue weighted by molar-refractivity contribution is 7.80. The maximum atomic E-state index is 5.36. The summed E-state index contributed by atoms with van der Waals surface area (Å²) in [6.45, 7) is 5.70. The van der Waals surface area contributed by atoms with Gasteiger partial charge >= 0.3 is 0 Å². The van der Waals surface area contributed by atoms with Crippen molar-refractivity contribution < 1.29 is 4.74 Å². The van der Waals surface area contributed by atoms with Gasteiger partial charge in [0.1, 0.15) is 0 Å². The first-order chi connectivity index (χ1) is 6.20. The largest absolute Gasteiger partial charge is 0.370 e. The van der Waals surface area contributed by atoms with E-state index in [1.807, 2.05) is 6.20 Å². The highest BCUT2D eigenvalue weighted by Crippen LogP contribution is 2.31. The van der Waals surface area contributed by atoms with E-state index in [0.717, 1.165) is 10.6 Å². The summed E-state index contributed by atoms with van der Waals surface area (Å²) in [6.07, 6.45) is 1.83. The summed E-state index contributed by atoms with van der Waals surface area (Å²) in [4.78, 5) is 5.29. The summed E-state index contributed by atoms with van der Waals surface area (Å²) in [7, 11) is 0. The van der Waals surface area contributed by atoms with Crippen LogP contribution in [-0.4, -0.2) is 4.98 Å². The summed E-state index contributed by atoms with van der Waals surface area (Å²) >= 11 is 4.42. The standard InChI is InChI=1S/C10H13NOS/c1-6(2)10-7-4-12-5-8(7)11-3-9(10)13/h3,6,13H,4-5H2,1-2H3. The van der Waals surface area contributed by atoms with Crippen molar-refractivity contribution in [1.82, 2.24) is 4.98 Å². The number of rotatable bonds is 1. The molecule has 0 amide bonds. The third kappa shape index (κ3) is 1.46. The Kier molecular flexibility index (Phi) is 2.30. The van der Waals surface area contributed by atoms with Gasteiger partial charge in [-0.1, -0.05) is 13.8 Å². The summed E-state index contributed by atoms with van der Waals surface area (Å²) in [5.74, 6) is 0.492. The maximum Gasteiger partial charge on any atom is 0.0896 e. The molecule has 0 atom stereocenters. The first-order valence-electron chi connectivity index (χ1n) is 4.47. The van der Waals surface area contributed by atoms with Crippen molar-refractivity contribution in [2.75, 3.05) is 0 Å². The second kappa shape index (κ2) is 3.31. The Morgan fingerprint density at radius 1 is 1.46 bits per heavy atom. The predicted molar refractivity (Wildman–Crippen MR) is 54.1 cm³/mol. The molecule has 13 heavy (non-hydrogen) atoms. The lowest BCUT2D eigenvalue weighted by molar-refractivity contribution is 0.132. The Labute approximate surface area is 83.7 Å². The number of thiol groups is 1. The van der Waals surface area contributed by atoms with Gasteiger partial charge in [0.25, 0.3) is 0 Å². The lowest BCUT2D eigenvalue weighted by Gasteiger charge is -2.12. The molecule has 2 rings (SSSR count). The molecule has 0 aromatic carbocycles. The number of ether oxygens (including phenoxy) is 1. The molecule has 1 aliphatic rings. The monoisotopic (exact) mass is 195 g/mol. The quantitative estimate of drug-likeness (QED) is 0.696. The second-order valence-corrected chi connectivity index (χ2v) is 4.11. The van der Waals surface area contributed by atoms with E-state index in [9.17, 15) is 0 Å². The average molecular weight is 195 g/mol. The molecule has 0 aliphatic carbocycles. The Hall–Kier alpha value is -0.540. The number of hydrogen-bond acceptors (Lipinski definition) is 3. The van der Waals surface area contributed by atoms with Crippen LogP contribution in [0, 0.1) is 0 Å². The molecule has 1 aromatic rings. The summed E-state index contributed by atoms with van der Waals surface area (Å²) < 4.78 is 5.36. The van der Waals surface area contributed by atoms with Crippen LogP contribution in [0.25, 0.3) is 0 Å². The fourth-order valence-corrected chi connectivity index (χ4v) is 2.23. The zero-order valence-corrected chi connectivity index (χ0v) is 8.77. The zero-order valence-electron chi connectivity index (χ0n) is 7.87. The van der Waals surface area contributed by atoms with E-state index in [2.05, 4.69) is 31.5 Å². The van der Waals surface area contributed by atoms with E-state index < -0.39 is 0 Å². The highest BCUT2D eigenvalue weighted by Gasteiger charge is 2.20. The SMILES string of the molecule is CC(C)c1c(S)cnc2c1COC2. The van der Waals surface area contributed by atoms with Crippen LogP contribution in [0.15, 0.2) is 11.1 Å². The smallest absolute Gasteiger partial charge is 0.0896 e. The molecule has 1 aromatic heterocycles. The molecule has 0 N–H and O–H groups in total. The summed E-state index contributed by atoms with van der Waals surface area (Å²) in [5.41, 5.74) is 3.63. The molecular weight excluding hydrogens is 182 g/mol. The van der Waals surface area contributed by atoms with Crippen LogP contribution in [0.1, 0.15) is 36.6 Å². The molecule has 0 radical (unpaired) electrons. The van der Waals surface area contributed by atoms with Gasteiger partial charge in [0.15, 0.2) is 0 Å². The van der Waals surface area contributed by atoms with Crippen LogP contribution in [0.5, 0.6) is 0 Å². The fourth-order valence-electron chi connectivity index (χ4n) is 1.78. The van der Waals surface area contributed by atoms with E-state index in [4.69, 9.17) is 4.74 Å². The van der Waals surface area contributed by atoms with Gasteiger partial charge in [0.2, 0.25) is 0 Å². The van der Waals surface area contributed by atoms with Crippen LogP contribution >= 0.6 is 12.6 Å². The van der Waals surface area contributed by atoms with Crippen LogP contribution in [0.3, 0.4) is 0 Å². The zero-order chi connectivity index (χ0) is 9.42. The third-order valence-electron chi connectivity index (χ3n) is 2.35. The second-order valence-electron chi connectivity index (χ2n) is 3.63. The molecule has 1 aliphatic heterocycles. The van der Waals surface area contributed by atoms with Gasteiger partial charge in [-0.2, -0.15) is 0 Å². The van der Waals surface area contributed by atoms with Crippen molar-refractivity contribution in [1.29, 1.82) is 0 Å². The molecule has 2 heterocycles. The third-order valence-corrected chi connectivity index (χ3v) is 2.71. The number of aromatic nitrogens is 1. The van der Waals surface area contributed by atoms with Crippen LogP contribution in [0.4, 0.5) is 0 Å². The number of hydrogen-bond donors (Lipinski definition) is 1. The van der Waals surface area contributed by atoms with Gasteiger partial charge in [-0.05, 0) is 11.5 Å². The Bertz CT molecular complexity index is 336. The topological polar surface area (TPSA) is 22.1 Å². The lowest BCUT2D eigenvalue weighted by Crippen LogP contribution is -1.99. The molecule has 70 valence electrons. The highest BCUT2D eigenvalue weighted by atomic mass is 32.1. The molecule has 0 saturated heterocycles. The van der Waals surface area contributed by atoms with Gasteiger partial charge in [0.05, 0.1) is 18.9 Å². The Balaban J connectivity index is 2.58. The average Bonchev–Trinajstić information content (AvgIpc) is 2.50. The van der Waals surface area contributed by atoms with Crippen molar-refractivity contribution in [2.24, 2.45) is 0 Å². The van der Waals surface area contributed by atoms with Gasteiger partial charge < -0.3 is 4.74 Å². The minimum Gasteiger partial charge on any atom is -0.370 e. The number of pyridine rings is 1. The van der Waals surface area contributed by atoms with Crippen molar-refractivity contribution in [3.8, 4) is 0 Å². The maximum absolute atomic E-state index is 5.36. The first-order valence-corrected chi connectivity index (χ1v) is 4.92. The first kappa shape index (κ1) is 9.03. The van der Waals surface area contributed by atoms with Crippen molar-refractivity contribution in [2.45, 2.75) is 37.9 Å². The van der Waals surface area contributed by atoms with Crippen molar-refractivity contribution >= 4 is 12.6 Å². The Morgan fingerprint density at radius 3 is 2.92 bits per heavy atom.